The van der Waals surface area contributed by atoms with Gasteiger partial charge in [-0.3, -0.25) is 0 Å². The second-order valence-electron chi connectivity index (χ2n) is 5.01. The molecule has 0 bridgehead atoms. The number of fused-ring (bicyclic) bond motifs is 1. The maximum atomic E-state index is 5.84. The molecule has 3 heteroatoms. The maximum Gasteiger partial charge on any atom is 0.127 e. The third-order valence-electron chi connectivity index (χ3n) is 3.73. The van der Waals surface area contributed by atoms with Crippen LogP contribution >= 0.6 is 0 Å². The van der Waals surface area contributed by atoms with Crippen molar-refractivity contribution in [1.82, 2.24) is 4.98 Å². The molecule has 0 atom stereocenters. The highest BCUT2D eigenvalue weighted by atomic mass is 15.0. The highest BCUT2D eigenvalue weighted by Crippen LogP contribution is 2.24. The summed E-state index contributed by atoms with van der Waals surface area (Å²) in [4.78, 5) is 4.68. The molecule has 1 aliphatic carbocycles. The number of benzene rings is 1. The zero-order valence-corrected chi connectivity index (χ0v) is 10.5. The van der Waals surface area contributed by atoms with Crippen molar-refractivity contribution in [1.29, 1.82) is 0 Å². The fourth-order valence-electron chi connectivity index (χ4n) is 2.77. The van der Waals surface area contributed by atoms with Crippen molar-refractivity contribution in [3.05, 3.63) is 35.9 Å². The minimum atomic E-state index is 0.558. The van der Waals surface area contributed by atoms with Crippen molar-refractivity contribution in [3.8, 4) is 0 Å². The number of rotatable bonds is 3. The van der Waals surface area contributed by atoms with E-state index in [0.29, 0.717) is 12.6 Å². The molecule has 0 spiro atoms. The Morgan fingerprint density at radius 3 is 2.78 bits per heavy atom. The molecule has 1 aliphatic rings. The summed E-state index contributed by atoms with van der Waals surface area (Å²) in [5.41, 5.74) is 8.03. The van der Waals surface area contributed by atoms with E-state index in [4.69, 9.17) is 5.73 Å². The van der Waals surface area contributed by atoms with Crippen LogP contribution in [0.5, 0.6) is 0 Å². The van der Waals surface area contributed by atoms with Crippen molar-refractivity contribution in [2.45, 2.75) is 38.3 Å². The van der Waals surface area contributed by atoms with Gasteiger partial charge >= 0.3 is 0 Å². The van der Waals surface area contributed by atoms with E-state index in [9.17, 15) is 0 Å². The Kier molecular flexibility index (Phi) is 3.15. The van der Waals surface area contributed by atoms with E-state index in [1.54, 1.807) is 0 Å². The molecular weight excluding hydrogens is 222 g/mol. The molecule has 2 aromatic rings. The molecule has 1 aromatic heterocycles. The lowest BCUT2D eigenvalue weighted by atomic mass is 10.1. The molecule has 0 unspecified atom stereocenters. The lowest BCUT2D eigenvalue weighted by molar-refractivity contribution is 0.751. The number of nitrogens with one attached hydrogen (secondary N) is 1. The molecule has 0 aliphatic heterocycles. The first-order chi connectivity index (χ1) is 8.86. The van der Waals surface area contributed by atoms with Crippen LogP contribution in [0.3, 0.4) is 0 Å². The summed E-state index contributed by atoms with van der Waals surface area (Å²) < 4.78 is 0. The van der Waals surface area contributed by atoms with Gasteiger partial charge in [0.1, 0.15) is 5.82 Å². The number of anilines is 1. The zero-order valence-electron chi connectivity index (χ0n) is 10.5. The summed E-state index contributed by atoms with van der Waals surface area (Å²) in [7, 11) is 0. The van der Waals surface area contributed by atoms with E-state index in [2.05, 4.69) is 22.4 Å². The van der Waals surface area contributed by atoms with Crippen molar-refractivity contribution in [3.63, 3.8) is 0 Å². The fraction of sp³-hybridized carbons (Fsp3) is 0.400. The van der Waals surface area contributed by atoms with Gasteiger partial charge in [-0.1, -0.05) is 31.0 Å². The van der Waals surface area contributed by atoms with Crippen LogP contribution in [0.15, 0.2) is 30.3 Å². The molecule has 1 saturated carbocycles. The van der Waals surface area contributed by atoms with Crippen LogP contribution < -0.4 is 11.1 Å². The summed E-state index contributed by atoms with van der Waals surface area (Å²) in [6, 6.07) is 10.9. The monoisotopic (exact) mass is 241 g/mol. The normalized spacial score (nSPS) is 16.3. The molecule has 3 rings (SSSR count). The Labute approximate surface area is 107 Å². The number of hydrogen-bond donors (Lipinski definition) is 2. The number of para-hydroxylation sites is 1. The summed E-state index contributed by atoms with van der Waals surface area (Å²) in [5.74, 6) is 0.973. The molecule has 0 radical (unpaired) electrons. The van der Waals surface area contributed by atoms with Gasteiger partial charge in [0.05, 0.1) is 5.52 Å². The van der Waals surface area contributed by atoms with Crippen LogP contribution in [0, 0.1) is 0 Å². The molecular formula is C15H19N3. The Hall–Kier alpha value is -1.61. The first-order valence-corrected chi connectivity index (χ1v) is 6.72. The van der Waals surface area contributed by atoms with Gasteiger partial charge in [0, 0.05) is 18.0 Å². The SMILES string of the molecule is NCc1cc(NC2CCCC2)nc2ccccc12. The lowest BCUT2D eigenvalue weighted by Crippen LogP contribution is -2.16. The van der Waals surface area contributed by atoms with E-state index in [-0.39, 0.29) is 0 Å². The van der Waals surface area contributed by atoms with Crippen LogP contribution in [0.4, 0.5) is 5.82 Å². The molecule has 94 valence electrons. The van der Waals surface area contributed by atoms with E-state index in [0.717, 1.165) is 16.7 Å². The second-order valence-corrected chi connectivity index (χ2v) is 5.01. The third-order valence-corrected chi connectivity index (χ3v) is 3.73. The summed E-state index contributed by atoms with van der Waals surface area (Å²) >= 11 is 0. The van der Waals surface area contributed by atoms with Crippen molar-refractivity contribution >= 4 is 16.7 Å². The highest BCUT2D eigenvalue weighted by Gasteiger charge is 2.15. The molecule has 1 fully saturated rings. The molecule has 0 saturated heterocycles. The van der Waals surface area contributed by atoms with Gasteiger partial charge < -0.3 is 11.1 Å². The van der Waals surface area contributed by atoms with Crippen molar-refractivity contribution in [2.24, 2.45) is 5.73 Å². The van der Waals surface area contributed by atoms with Crippen LogP contribution in [-0.2, 0) is 6.54 Å². The standard InChI is InChI=1S/C15H19N3/c16-10-11-9-15(17-12-5-1-2-6-12)18-14-8-4-3-7-13(11)14/h3-4,7-9,12H,1-2,5-6,10,16H2,(H,17,18). The fourth-order valence-corrected chi connectivity index (χ4v) is 2.77. The Balaban J connectivity index is 1.96. The van der Waals surface area contributed by atoms with Crippen LogP contribution in [-0.4, -0.2) is 11.0 Å². The van der Waals surface area contributed by atoms with Gasteiger partial charge in [-0.05, 0) is 30.5 Å². The first kappa shape index (κ1) is 11.5. The predicted octanol–water partition coefficient (Wildman–Crippen LogP) is 3.05. The van der Waals surface area contributed by atoms with Crippen LogP contribution in [0.1, 0.15) is 31.2 Å². The Morgan fingerprint density at radius 1 is 1.22 bits per heavy atom. The number of hydrogen-bond acceptors (Lipinski definition) is 3. The van der Waals surface area contributed by atoms with E-state index < -0.39 is 0 Å². The lowest BCUT2D eigenvalue weighted by Gasteiger charge is -2.14. The molecule has 0 amide bonds. The van der Waals surface area contributed by atoms with E-state index in [1.807, 2.05) is 18.2 Å². The maximum absolute atomic E-state index is 5.84. The Morgan fingerprint density at radius 2 is 2.00 bits per heavy atom. The molecule has 3 nitrogen and oxygen atoms in total. The smallest absolute Gasteiger partial charge is 0.127 e. The average Bonchev–Trinajstić information content (AvgIpc) is 2.90. The molecule has 18 heavy (non-hydrogen) atoms. The summed E-state index contributed by atoms with van der Waals surface area (Å²) in [6.45, 7) is 0.558. The third kappa shape index (κ3) is 2.18. The molecule has 3 N–H and O–H groups in total. The second kappa shape index (κ2) is 4.94. The zero-order chi connectivity index (χ0) is 12.4. The van der Waals surface area contributed by atoms with Crippen molar-refractivity contribution < 1.29 is 0 Å². The minimum Gasteiger partial charge on any atom is -0.367 e. The van der Waals surface area contributed by atoms with Gasteiger partial charge in [-0.2, -0.15) is 0 Å². The highest BCUT2D eigenvalue weighted by molar-refractivity contribution is 5.84. The van der Waals surface area contributed by atoms with Crippen LogP contribution in [0.2, 0.25) is 0 Å². The van der Waals surface area contributed by atoms with Gasteiger partial charge in [-0.25, -0.2) is 4.98 Å². The summed E-state index contributed by atoms with van der Waals surface area (Å²) in [5, 5.41) is 4.70. The van der Waals surface area contributed by atoms with Gasteiger partial charge in [0.15, 0.2) is 0 Å². The van der Waals surface area contributed by atoms with Gasteiger partial charge in [0.25, 0.3) is 0 Å². The number of aromatic nitrogens is 1. The number of pyridine rings is 1. The van der Waals surface area contributed by atoms with E-state index >= 15 is 0 Å². The molecule has 1 heterocycles. The van der Waals surface area contributed by atoms with E-state index in [1.165, 1.54) is 31.2 Å². The average molecular weight is 241 g/mol. The topological polar surface area (TPSA) is 50.9 Å². The molecule has 1 aromatic carbocycles. The quantitative estimate of drug-likeness (QED) is 0.868. The van der Waals surface area contributed by atoms with Crippen LogP contribution in [0.25, 0.3) is 10.9 Å². The first-order valence-electron chi connectivity index (χ1n) is 6.72. The van der Waals surface area contributed by atoms with Crippen molar-refractivity contribution in [2.75, 3.05) is 5.32 Å². The summed E-state index contributed by atoms with van der Waals surface area (Å²) in [6.07, 6.45) is 5.17. The van der Waals surface area contributed by atoms with Gasteiger partial charge in [-0.15, -0.1) is 0 Å². The number of nitrogens with zero attached hydrogens (tertiary/aromatic N) is 1. The largest absolute Gasteiger partial charge is 0.367 e. The predicted molar refractivity (Wildman–Crippen MR) is 75.5 cm³/mol. The van der Waals surface area contributed by atoms with Gasteiger partial charge in [0.2, 0.25) is 0 Å². The Bertz CT molecular complexity index is 544. The number of nitrogens with two attached hydrogens (primary N) is 1. The minimum absolute atomic E-state index is 0.558.